The van der Waals surface area contributed by atoms with Crippen LogP contribution in [0, 0.1) is 6.92 Å². The van der Waals surface area contributed by atoms with Gasteiger partial charge in [0.05, 0.1) is 5.71 Å². The molecule has 0 aliphatic carbocycles. The van der Waals surface area contributed by atoms with Gasteiger partial charge in [-0.15, -0.1) is 6.58 Å². The first kappa shape index (κ1) is 9.52. The molecule has 68 valence electrons. The van der Waals surface area contributed by atoms with E-state index in [0.29, 0.717) is 12.1 Å². The fraction of sp³-hybridized carbons (Fsp3) is 0.182. The van der Waals surface area contributed by atoms with Crippen molar-refractivity contribution in [3.05, 3.63) is 48.0 Å². The van der Waals surface area contributed by atoms with Gasteiger partial charge in [-0.1, -0.05) is 41.1 Å². The summed E-state index contributed by atoms with van der Waals surface area (Å²) in [7, 11) is 0. The van der Waals surface area contributed by atoms with Crippen LogP contribution in [-0.4, -0.2) is 10.9 Å². The minimum Gasteiger partial charge on any atom is -0.411 e. The summed E-state index contributed by atoms with van der Waals surface area (Å²) >= 11 is 0. The molecule has 1 rings (SSSR count). The van der Waals surface area contributed by atoms with E-state index in [1.165, 1.54) is 5.56 Å². The molecule has 13 heavy (non-hydrogen) atoms. The molecule has 0 saturated carbocycles. The lowest BCUT2D eigenvalue weighted by atomic mass is 10.1. The van der Waals surface area contributed by atoms with Crippen molar-refractivity contribution in [3.63, 3.8) is 0 Å². The van der Waals surface area contributed by atoms with Crippen molar-refractivity contribution in [2.24, 2.45) is 5.16 Å². The molecule has 0 unspecified atom stereocenters. The summed E-state index contributed by atoms with van der Waals surface area (Å²) in [4.78, 5) is 0. The molecule has 1 aromatic carbocycles. The average Bonchev–Trinajstić information content (AvgIpc) is 2.16. The molecule has 0 fully saturated rings. The van der Waals surface area contributed by atoms with Gasteiger partial charge in [0, 0.05) is 6.42 Å². The van der Waals surface area contributed by atoms with Gasteiger partial charge in [-0.2, -0.15) is 0 Å². The largest absolute Gasteiger partial charge is 0.411 e. The molecule has 0 atom stereocenters. The second-order valence-corrected chi connectivity index (χ2v) is 2.91. The van der Waals surface area contributed by atoms with Gasteiger partial charge in [0.1, 0.15) is 0 Å². The minimum atomic E-state index is 0.583. The Balaban J connectivity index is 2.92. The Hall–Kier alpha value is -1.57. The predicted octanol–water partition coefficient (Wildman–Crippen LogP) is 2.75. The number of benzene rings is 1. The Morgan fingerprint density at radius 2 is 2.08 bits per heavy atom. The van der Waals surface area contributed by atoms with Crippen molar-refractivity contribution in [2.45, 2.75) is 13.3 Å². The van der Waals surface area contributed by atoms with Crippen LogP contribution in [0.3, 0.4) is 0 Å². The molecule has 0 spiro atoms. The van der Waals surface area contributed by atoms with Crippen molar-refractivity contribution in [1.29, 1.82) is 0 Å². The monoisotopic (exact) mass is 175 g/mol. The Morgan fingerprint density at radius 1 is 1.46 bits per heavy atom. The standard InChI is InChI=1S/C11H13NO/c1-3-4-11(12-13)10-7-5-9(2)6-8-10/h3,5-8,13H,1,4H2,2H3. The van der Waals surface area contributed by atoms with Gasteiger partial charge in [-0.25, -0.2) is 0 Å². The molecule has 0 aliphatic heterocycles. The van der Waals surface area contributed by atoms with E-state index in [9.17, 15) is 0 Å². The zero-order valence-electron chi connectivity index (χ0n) is 7.70. The Labute approximate surface area is 78.2 Å². The van der Waals surface area contributed by atoms with Gasteiger partial charge in [-0.3, -0.25) is 0 Å². The van der Waals surface area contributed by atoms with Crippen LogP contribution >= 0.6 is 0 Å². The summed E-state index contributed by atoms with van der Waals surface area (Å²) in [5.41, 5.74) is 2.78. The van der Waals surface area contributed by atoms with Crippen molar-refractivity contribution in [2.75, 3.05) is 0 Å². The van der Waals surface area contributed by atoms with E-state index in [2.05, 4.69) is 11.7 Å². The highest BCUT2D eigenvalue weighted by molar-refractivity contribution is 6.00. The maximum absolute atomic E-state index is 8.72. The van der Waals surface area contributed by atoms with E-state index in [0.717, 1.165) is 5.56 Å². The number of hydrogen-bond donors (Lipinski definition) is 1. The van der Waals surface area contributed by atoms with Gasteiger partial charge < -0.3 is 5.21 Å². The van der Waals surface area contributed by atoms with E-state index in [-0.39, 0.29) is 0 Å². The molecule has 1 N–H and O–H groups in total. The lowest BCUT2D eigenvalue weighted by Crippen LogP contribution is -1.98. The lowest BCUT2D eigenvalue weighted by molar-refractivity contribution is 0.318. The van der Waals surface area contributed by atoms with E-state index in [1.54, 1.807) is 6.08 Å². The third-order valence-corrected chi connectivity index (χ3v) is 1.84. The van der Waals surface area contributed by atoms with Gasteiger partial charge >= 0.3 is 0 Å². The zero-order chi connectivity index (χ0) is 9.68. The van der Waals surface area contributed by atoms with Gasteiger partial charge in [-0.05, 0) is 12.5 Å². The molecule has 0 bridgehead atoms. The number of rotatable bonds is 3. The number of allylic oxidation sites excluding steroid dienone is 1. The Bertz CT molecular complexity index is 311. The molecular formula is C11H13NO. The number of nitrogens with zero attached hydrogens (tertiary/aromatic N) is 1. The molecule has 2 heteroatoms. The summed E-state index contributed by atoms with van der Waals surface area (Å²) in [6, 6.07) is 7.86. The highest BCUT2D eigenvalue weighted by Crippen LogP contribution is 2.07. The highest BCUT2D eigenvalue weighted by atomic mass is 16.4. The van der Waals surface area contributed by atoms with Crippen molar-refractivity contribution >= 4 is 5.71 Å². The van der Waals surface area contributed by atoms with Crippen molar-refractivity contribution in [3.8, 4) is 0 Å². The average molecular weight is 175 g/mol. The third-order valence-electron chi connectivity index (χ3n) is 1.84. The summed E-state index contributed by atoms with van der Waals surface area (Å²) in [5.74, 6) is 0. The first-order valence-electron chi connectivity index (χ1n) is 4.17. The van der Waals surface area contributed by atoms with Crippen molar-refractivity contribution in [1.82, 2.24) is 0 Å². The van der Waals surface area contributed by atoms with Crippen LogP contribution in [0.25, 0.3) is 0 Å². The molecule has 1 aromatic rings. The third kappa shape index (κ3) is 2.44. The van der Waals surface area contributed by atoms with Gasteiger partial charge in [0.15, 0.2) is 0 Å². The lowest BCUT2D eigenvalue weighted by Gasteiger charge is -2.01. The fourth-order valence-electron chi connectivity index (χ4n) is 1.10. The summed E-state index contributed by atoms with van der Waals surface area (Å²) in [6.45, 7) is 5.62. The minimum absolute atomic E-state index is 0.583. The molecule has 0 heterocycles. The molecule has 0 saturated heterocycles. The molecule has 0 aliphatic rings. The van der Waals surface area contributed by atoms with Gasteiger partial charge in [0.25, 0.3) is 0 Å². The second kappa shape index (κ2) is 4.45. The smallest absolute Gasteiger partial charge is 0.0905 e. The van der Waals surface area contributed by atoms with Crippen LogP contribution < -0.4 is 0 Å². The number of aryl methyl sites for hydroxylation is 1. The van der Waals surface area contributed by atoms with E-state index in [4.69, 9.17) is 5.21 Å². The van der Waals surface area contributed by atoms with Crippen LogP contribution in [0.5, 0.6) is 0 Å². The van der Waals surface area contributed by atoms with E-state index in [1.807, 2.05) is 31.2 Å². The molecule has 0 radical (unpaired) electrons. The first-order valence-corrected chi connectivity index (χ1v) is 4.17. The number of hydrogen-bond acceptors (Lipinski definition) is 2. The maximum atomic E-state index is 8.72. The Morgan fingerprint density at radius 3 is 2.54 bits per heavy atom. The SMILES string of the molecule is C=CCC(=NO)c1ccc(C)cc1. The fourth-order valence-corrected chi connectivity index (χ4v) is 1.10. The molecule has 2 nitrogen and oxygen atoms in total. The van der Waals surface area contributed by atoms with Crippen LogP contribution in [0.1, 0.15) is 17.5 Å². The molecular weight excluding hydrogens is 162 g/mol. The quantitative estimate of drug-likeness (QED) is 0.326. The highest BCUT2D eigenvalue weighted by Gasteiger charge is 2.00. The second-order valence-electron chi connectivity index (χ2n) is 2.91. The topological polar surface area (TPSA) is 32.6 Å². The molecule has 0 amide bonds. The van der Waals surface area contributed by atoms with E-state index >= 15 is 0 Å². The van der Waals surface area contributed by atoms with Crippen molar-refractivity contribution < 1.29 is 5.21 Å². The zero-order valence-corrected chi connectivity index (χ0v) is 7.70. The maximum Gasteiger partial charge on any atom is 0.0905 e. The summed E-state index contributed by atoms with van der Waals surface area (Å²) in [6.07, 6.45) is 2.30. The van der Waals surface area contributed by atoms with Crippen LogP contribution in [0.4, 0.5) is 0 Å². The first-order chi connectivity index (χ1) is 6.27. The normalized spacial score (nSPS) is 11.3. The van der Waals surface area contributed by atoms with Crippen LogP contribution in [-0.2, 0) is 0 Å². The van der Waals surface area contributed by atoms with Crippen LogP contribution in [0.2, 0.25) is 0 Å². The number of oxime groups is 1. The Kier molecular flexibility index (Phi) is 3.26. The summed E-state index contributed by atoms with van der Waals surface area (Å²) in [5, 5.41) is 11.9. The summed E-state index contributed by atoms with van der Waals surface area (Å²) < 4.78 is 0. The van der Waals surface area contributed by atoms with E-state index < -0.39 is 0 Å². The van der Waals surface area contributed by atoms with Gasteiger partial charge in [0.2, 0.25) is 0 Å². The van der Waals surface area contributed by atoms with Crippen LogP contribution in [0.15, 0.2) is 42.1 Å². The molecule has 0 aromatic heterocycles. The predicted molar refractivity (Wildman–Crippen MR) is 54.3 cm³/mol.